The largest absolute Gasteiger partial charge is 0.382 e. The van der Waals surface area contributed by atoms with E-state index in [2.05, 4.69) is 31.8 Å². The van der Waals surface area contributed by atoms with Crippen molar-refractivity contribution in [3.05, 3.63) is 36.4 Å². The SMILES string of the molecule is CCCc1nc2c(N)ncnc2n1-c1nc2ccccc2[nH]1. The summed E-state index contributed by atoms with van der Waals surface area (Å²) in [4.78, 5) is 20.9. The molecular weight excluding hydrogens is 278 g/mol. The number of H-pyrrole nitrogens is 1. The molecule has 7 heteroatoms. The van der Waals surface area contributed by atoms with Gasteiger partial charge in [-0.3, -0.25) is 0 Å². The summed E-state index contributed by atoms with van der Waals surface area (Å²) in [7, 11) is 0. The highest BCUT2D eigenvalue weighted by Gasteiger charge is 2.17. The van der Waals surface area contributed by atoms with E-state index in [1.54, 1.807) is 0 Å². The fraction of sp³-hybridized carbons (Fsp3) is 0.200. The van der Waals surface area contributed by atoms with Crippen LogP contribution in [-0.4, -0.2) is 29.5 Å². The van der Waals surface area contributed by atoms with Gasteiger partial charge in [-0.25, -0.2) is 24.5 Å². The number of anilines is 1. The number of para-hydroxylation sites is 2. The third kappa shape index (κ3) is 1.82. The molecule has 110 valence electrons. The quantitative estimate of drug-likeness (QED) is 0.603. The Hall–Kier alpha value is -2.96. The Morgan fingerprint density at radius 1 is 1.18 bits per heavy atom. The number of fused-ring (bicyclic) bond motifs is 2. The summed E-state index contributed by atoms with van der Waals surface area (Å²) in [6, 6.07) is 7.90. The minimum Gasteiger partial charge on any atom is -0.382 e. The zero-order valence-corrected chi connectivity index (χ0v) is 12.1. The van der Waals surface area contributed by atoms with Gasteiger partial charge in [0.05, 0.1) is 11.0 Å². The van der Waals surface area contributed by atoms with E-state index in [4.69, 9.17) is 5.73 Å². The highest BCUT2D eigenvalue weighted by atomic mass is 15.2. The number of rotatable bonds is 3. The van der Waals surface area contributed by atoms with E-state index in [9.17, 15) is 0 Å². The Kier molecular flexibility index (Phi) is 2.78. The number of aromatic amines is 1. The molecule has 0 radical (unpaired) electrons. The van der Waals surface area contributed by atoms with Crippen LogP contribution >= 0.6 is 0 Å². The third-order valence-electron chi connectivity index (χ3n) is 3.60. The lowest BCUT2D eigenvalue weighted by Gasteiger charge is -2.03. The van der Waals surface area contributed by atoms with E-state index < -0.39 is 0 Å². The van der Waals surface area contributed by atoms with Gasteiger partial charge in [-0.1, -0.05) is 19.1 Å². The Balaban J connectivity index is 2.03. The van der Waals surface area contributed by atoms with E-state index >= 15 is 0 Å². The Morgan fingerprint density at radius 3 is 2.86 bits per heavy atom. The Morgan fingerprint density at radius 2 is 2.05 bits per heavy atom. The summed E-state index contributed by atoms with van der Waals surface area (Å²) >= 11 is 0. The first-order chi connectivity index (χ1) is 10.8. The first-order valence-corrected chi connectivity index (χ1v) is 7.21. The predicted octanol–water partition coefficient (Wildman–Crippen LogP) is 2.23. The molecule has 0 fully saturated rings. The van der Waals surface area contributed by atoms with Crippen molar-refractivity contribution < 1.29 is 0 Å². The second kappa shape index (κ2) is 4.80. The smallest absolute Gasteiger partial charge is 0.215 e. The number of nitrogens with two attached hydrogens (primary N) is 1. The van der Waals surface area contributed by atoms with Crippen LogP contribution in [0, 0.1) is 0 Å². The summed E-state index contributed by atoms with van der Waals surface area (Å²) in [6.07, 6.45) is 3.23. The van der Waals surface area contributed by atoms with Gasteiger partial charge in [0.15, 0.2) is 17.0 Å². The van der Waals surface area contributed by atoms with Crippen LogP contribution in [0.3, 0.4) is 0 Å². The van der Waals surface area contributed by atoms with Gasteiger partial charge >= 0.3 is 0 Å². The molecule has 7 nitrogen and oxygen atoms in total. The highest BCUT2D eigenvalue weighted by molar-refractivity contribution is 5.84. The summed E-state index contributed by atoms with van der Waals surface area (Å²) in [5, 5.41) is 0. The number of nitrogen functional groups attached to an aromatic ring is 1. The van der Waals surface area contributed by atoms with Crippen LogP contribution < -0.4 is 5.73 Å². The Labute approximate surface area is 126 Å². The van der Waals surface area contributed by atoms with E-state index in [0.717, 1.165) is 29.7 Å². The maximum Gasteiger partial charge on any atom is 0.215 e. The molecule has 1 aromatic carbocycles. The van der Waals surface area contributed by atoms with Crippen LogP contribution in [0.5, 0.6) is 0 Å². The van der Waals surface area contributed by atoms with Gasteiger partial charge < -0.3 is 10.7 Å². The minimum absolute atomic E-state index is 0.386. The molecule has 0 aliphatic heterocycles. The number of hydrogen-bond acceptors (Lipinski definition) is 5. The maximum atomic E-state index is 5.93. The van der Waals surface area contributed by atoms with Crippen LogP contribution in [0.1, 0.15) is 19.2 Å². The van der Waals surface area contributed by atoms with Crippen LogP contribution in [-0.2, 0) is 6.42 Å². The van der Waals surface area contributed by atoms with Gasteiger partial charge in [0.1, 0.15) is 12.2 Å². The molecule has 0 unspecified atom stereocenters. The van der Waals surface area contributed by atoms with Crippen LogP contribution in [0.15, 0.2) is 30.6 Å². The van der Waals surface area contributed by atoms with Gasteiger partial charge in [-0.15, -0.1) is 0 Å². The lowest BCUT2D eigenvalue weighted by Crippen LogP contribution is -2.04. The van der Waals surface area contributed by atoms with Crippen LogP contribution in [0.4, 0.5) is 5.82 Å². The van der Waals surface area contributed by atoms with Gasteiger partial charge in [-0.05, 0) is 18.6 Å². The predicted molar refractivity (Wildman–Crippen MR) is 84.7 cm³/mol. The van der Waals surface area contributed by atoms with Crippen LogP contribution in [0.25, 0.3) is 28.1 Å². The van der Waals surface area contributed by atoms with Crippen molar-refractivity contribution in [3.63, 3.8) is 0 Å². The molecule has 3 N–H and O–H groups in total. The first kappa shape index (κ1) is 12.8. The lowest BCUT2D eigenvalue weighted by atomic mass is 10.3. The van der Waals surface area contributed by atoms with Crippen molar-refractivity contribution in [1.29, 1.82) is 0 Å². The summed E-state index contributed by atoms with van der Waals surface area (Å²) in [6.45, 7) is 2.11. The average Bonchev–Trinajstić information content (AvgIpc) is 3.09. The fourth-order valence-electron chi connectivity index (χ4n) is 2.61. The standard InChI is InChI=1S/C15H15N7/c1-2-5-11-21-12-13(16)17-8-18-14(12)22(11)15-19-9-6-3-4-7-10(9)20-15/h3-4,6-8H,2,5H2,1H3,(H,19,20)(H2,16,17,18). The van der Waals surface area contributed by atoms with Crippen molar-refractivity contribution in [1.82, 2.24) is 29.5 Å². The summed E-state index contributed by atoms with van der Waals surface area (Å²) in [5.41, 5.74) is 9.11. The molecule has 0 saturated heterocycles. The first-order valence-electron chi connectivity index (χ1n) is 7.21. The van der Waals surface area contributed by atoms with E-state index in [1.807, 2.05) is 28.8 Å². The fourth-order valence-corrected chi connectivity index (χ4v) is 2.61. The molecule has 3 heterocycles. The lowest BCUT2D eigenvalue weighted by molar-refractivity contribution is 0.798. The second-order valence-corrected chi connectivity index (χ2v) is 5.12. The van der Waals surface area contributed by atoms with E-state index in [1.165, 1.54) is 6.33 Å². The highest BCUT2D eigenvalue weighted by Crippen LogP contribution is 2.23. The molecule has 3 aromatic heterocycles. The summed E-state index contributed by atoms with van der Waals surface area (Å²) in [5.74, 6) is 1.96. The van der Waals surface area contributed by atoms with Crippen molar-refractivity contribution in [2.24, 2.45) is 0 Å². The molecule has 0 amide bonds. The topological polar surface area (TPSA) is 98.3 Å². The molecule has 22 heavy (non-hydrogen) atoms. The van der Waals surface area contributed by atoms with Crippen molar-refractivity contribution in [2.75, 3.05) is 5.73 Å². The normalized spacial score (nSPS) is 11.5. The van der Waals surface area contributed by atoms with Gasteiger partial charge in [0.25, 0.3) is 0 Å². The molecule has 0 saturated carbocycles. The monoisotopic (exact) mass is 293 g/mol. The minimum atomic E-state index is 0.386. The number of hydrogen-bond donors (Lipinski definition) is 2. The van der Waals surface area contributed by atoms with Crippen molar-refractivity contribution in [3.8, 4) is 5.95 Å². The van der Waals surface area contributed by atoms with Crippen molar-refractivity contribution in [2.45, 2.75) is 19.8 Å². The summed E-state index contributed by atoms with van der Waals surface area (Å²) < 4.78 is 1.93. The molecule has 0 aliphatic rings. The van der Waals surface area contributed by atoms with Crippen LogP contribution in [0.2, 0.25) is 0 Å². The Bertz CT molecular complexity index is 934. The second-order valence-electron chi connectivity index (χ2n) is 5.12. The zero-order chi connectivity index (χ0) is 15.1. The number of nitrogens with one attached hydrogen (secondary N) is 1. The number of imidazole rings is 2. The maximum absolute atomic E-state index is 5.93. The number of benzene rings is 1. The van der Waals surface area contributed by atoms with Crippen molar-refractivity contribution >= 4 is 28.0 Å². The van der Waals surface area contributed by atoms with Gasteiger partial charge in [-0.2, -0.15) is 0 Å². The average molecular weight is 293 g/mol. The number of nitrogens with zero attached hydrogens (tertiary/aromatic N) is 5. The number of aromatic nitrogens is 6. The van der Waals surface area contributed by atoms with Gasteiger partial charge in [0.2, 0.25) is 5.95 Å². The third-order valence-corrected chi connectivity index (χ3v) is 3.60. The van der Waals surface area contributed by atoms with E-state index in [0.29, 0.717) is 22.9 Å². The molecule has 0 bridgehead atoms. The molecule has 0 spiro atoms. The molecule has 0 atom stereocenters. The van der Waals surface area contributed by atoms with Gasteiger partial charge in [0, 0.05) is 6.42 Å². The molecular formula is C15H15N7. The zero-order valence-electron chi connectivity index (χ0n) is 12.1. The molecule has 4 aromatic rings. The van der Waals surface area contributed by atoms with E-state index in [-0.39, 0.29) is 0 Å². The molecule has 0 aliphatic carbocycles. The number of aryl methyl sites for hydroxylation is 1. The molecule has 4 rings (SSSR count).